The molecule has 0 bridgehead atoms. The summed E-state index contributed by atoms with van der Waals surface area (Å²) >= 11 is 1.53. The highest BCUT2D eigenvalue weighted by Crippen LogP contribution is 2.33. The Morgan fingerprint density at radius 3 is 2.88 bits per heavy atom. The molecule has 26 heavy (non-hydrogen) atoms. The Morgan fingerprint density at radius 2 is 2.23 bits per heavy atom. The molecule has 0 atom stereocenters. The molecule has 1 N–H and O–H groups in total. The summed E-state index contributed by atoms with van der Waals surface area (Å²) in [6.45, 7) is 8.90. The number of urea groups is 1. The first kappa shape index (κ1) is 18.5. The van der Waals surface area contributed by atoms with Gasteiger partial charge in [0.05, 0.1) is 30.9 Å². The molecule has 1 aliphatic heterocycles. The van der Waals surface area contributed by atoms with Crippen molar-refractivity contribution in [3.63, 3.8) is 0 Å². The summed E-state index contributed by atoms with van der Waals surface area (Å²) < 4.78 is 11.4. The number of anilines is 1. The smallest absolute Gasteiger partial charge is 0.322 e. The summed E-state index contributed by atoms with van der Waals surface area (Å²) in [6, 6.07) is 5.57. The predicted octanol–water partition coefficient (Wildman–Crippen LogP) is 4.23. The van der Waals surface area contributed by atoms with Gasteiger partial charge in [-0.25, -0.2) is 9.78 Å². The van der Waals surface area contributed by atoms with E-state index < -0.39 is 5.60 Å². The number of rotatable bonds is 3. The number of carbonyl (C=O) groups excluding carboxylic acids is 1. The first-order chi connectivity index (χ1) is 12.3. The number of fused-ring (bicyclic) bond motifs is 1. The molecule has 0 spiro atoms. The highest BCUT2D eigenvalue weighted by atomic mass is 32.1. The number of ether oxygens (including phenoxy) is 2. The Labute approximate surface area is 158 Å². The number of amides is 2. The summed E-state index contributed by atoms with van der Waals surface area (Å²) in [7, 11) is 1.63. The molecule has 0 saturated carbocycles. The second-order valence-electron chi connectivity index (χ2n) is 7.00. The maximum absolute atomic E-state index is 12.9. The molecule has 1 aliphatic rings. The summed E-state index contributed by atoms with van der Waals surface area (Å²) in [5, 5.41) is 4.85. The van der Waals surface area contributed by atoms with Crippen LogP contribution in [-0.2, 0) is 13.0 Å². The molecule has 2 amide bonds. The third-order valence-corrected chi connectivity index (χ3v) is 5.46. The van der Waals surface area contributed by atoms with Gasteiger partial charge in [-0.1, -0.05) is 6.92 Å². The van der Waals surface area contributed by atoms with Crippen molar-refractivity contribution in [3.8, 4) is 11.5 Å². The van der Waals surface area contributed by atoms with Crippen LogP contribution < -0.4 is 14.8 Å². The van der Waals surface area contributed by atoms with Crippen molar-refractivity contribution in [2.75, 3.05) is 19.0 Å². The molecule has 2 aromatic rings. The molecule has 0 aliphatic carbocycles. The largest absolute Gasteiger partial charge is 0.497 e. The summed E-state index contributed by atoms with van der Waals surface area (Å²) in [4.78, 5) is 19.2. The van der Waals surface area contributed by atoms with Crippen molar-refractivity contribution in [3.05, 3.63) is 34.5 Å². The SMILES string of the molecule is CCc1nc(C)c(NC(=O)N2Cc3ccc(OC)cc3OC(C)(C)C2)s1. The lowest BCUT2D eigenvalue weighted by Gasteiger charge is -2.29. The monoisotopic (exact) mass is 375 g/mol. The molecule has 0 unspecified atom stereocenters. The normalized spacial score (nSPS) is 15.7. The highest BCUT2D eigenvalue weighted by molar-refractivity contribution is 7.16. The van der Waals surface area contributed by atoms with Crippen molar-refractivity contribution >= 4 is 22.4 Å². The molecule has 6 nitrogen and oxygen atoms in total. The number of aromatic nitrogens is 1. The molecule has 0 saturated heterocycles. The van der Waals surface area contributed by atoms with E-state index in [0.717, 1.165) is 39.2 Å². The molecule has 0 radical (unpaired) electrons. The van der Waals surface area contributed by atoms with Crippen LogP contribution in [-0.4, -0.2) is 35.2 Å². The van der Waals surface area contributed by atoms with Gasteiger partial charge in [0.1, 0.15) is 22.1 Å². The van der Waals surface area contributed by atoms with Gasteiger partial charge in [0, 0.05) is 11.6 Å². The number of methoxy groups -OCH3 is 1. The molecule has 1 aromatic heterocycles. The summed E-state index contributed by atoms with van der Waals surface area (Å²) in [5.41, 5.74) is 1.31. The van der Waals surface area contributed by atoms with Crippen molar-refractivity contribution in [2.45, 2.75) is 46.3 Å². The fraction of sp³-hybridized carbons (Fsp3) is 0.474. The average molecular weight is 375 g/mol. The zero-order valence-electron chi connectivity index (χ0n) is 15.9. The van der Waals surface area contributed by atoms with Crippen LogP contribution in [0.2, 0.25) is 0 Å². The minimum atomic E-state index is -0.508. The lowest BCUT2D eigenvalue weighted by molar-refractivity contribution is 0.0833. The van der Waals surface area contributed by atoms with Crippen LogP contribution in [0.1, 0.15) is 37.0 Å². The fourth-order valence-corrected chi connectivity index (χ4v) is 3.87. The van der Waals surface area contributed by atoms with Crippen molar-refractivity contribution in [1.29, 1.82) is 0 Å². The van der Waals surface area contributed by atoms with E-state index in [2.05, 4.69) is 17.2 Å². The van der Waals surface area contributed by atoms with Crippen LogP contribution in [0.3, 0.4) is 0 Å². The number of hydrogen-bond donors (Lipinski definition) is 1. The van der Waals surface area contributed by atoms with Crippen LogP contribution in [0.15, 0.2) is 18.2 Å². The van der Waals surface area contributed by atoms with E-state index in [1.807, 2.05) is 39.0 Å². The van der Waals surface area contributed by atoms with Gasteiger partial charge in [-0.2, -0.15) is 0 Å². The van der Waals surface area contributed by atoms with E-state index in [9.17, 15) is 4.79 Å². The summed E-state index contributed by atoms with van der Waals surface area (Å²) in [6.07, 6.45) is 0.862. The van der Waals surface area contributed by atoms with E-state index in [4.69, 9.17) is 9.47 Å². The van der Waals surface area contributed by atoms with Gasteiger partial charge < -0.3 is 14.4 Å². The Balaban J connectivity index is 1.84. The Kier molecular flexibility index (Phi) is 5.09. The van der Waals surface area contributed by atoms with Gasteiger partial charge >= 0.3 is 6.03 Å². The second-order valence-corrected chi connectivity index (χ2v) is 8.08. The number of nitrogens with zero attached hydrogens (tertiary/aromatic N) is 2. The lowest BCUT2D eigenvalue weighted by atomic mass is 10.1. The first-order valence-electron chi connectivity index (χ1n) is 8.69. The van der Waals surface area contributed by atoms with Crippen LogP contribution >= 0.6 is 11.3 Å². The van der Waals surface area contributed by atoms with E-state index in [0.29, 0.717) is 13.1 Å². The Morgan fingerprint density at radius 1 is 1.46 bits per heavy atom. The van der Waals surface area contributed by atoms with E-state index in [1.54, 1.807) is 12.0 Å². The third kappa shape index (κ3) is 3.93. The molecule has 140 valence electrons. The summed E-state index contributed by atoms with van der Waals surface area (Å²) in [5.74, 6) is 1.50. The highest BCUT2D eigenvalue weighted by Gasteiger charge is 2.32. The van der Waals surface area contributed by atoms with Gasteiger partial charge in [-0.15, -0.1) is 11.3 Å². The van der Waals surface area contributed by atoms with Crippen LogP contribution in [0, 0.1) is 6.92 Å². The molecule has 3 rings (SSSR count). The van der Waals surface area contributed by atoms with Crippen LogP contribution in [0.4, 0.5) is 9.80 Å². The lowest BCUT2D eigenvalue weighted by Crippen LogP contribution is -2.44. The molecule has 0 fully saturated rings. The maximum Gasteiger partial charge on any atom is 0.322 e. The standard InChI is InChI=1S/C19H25N3O3S/c1-6-16-20-12(2)17(26-16)21-18(23)22-10-13-7-8-14(24-5)9-15(13)25-19(3,4)11-22/h7-9H,6,10-11H2,1-5H3,(H,21,23). The topological polar surface area (TPSA) is 63.7 Å². The Hall–Kier alpha value is -2.28. The fourth-order valence-electron chi connectivity index (χ4n) is 2.98. The molecule has 1 aromatic carbocycles. The number of thiazole rings is 1. The molecule has 7 heteroatoms. The van der Waals surface area contributed by atoms with E-state index in [-0.39, 0.29) is 6.03 Å². The number of carbonyl (C=O) groups is 1. The van der Waals surface area contributed by atoms with Gasteiger partial charge in [-0.05, 0) is 39.3 Å². The number of aryl methyl sites for hydroxylation is 2. The minimum absolute atomic E-state index is 0.139. The quantitative estimate of drug-likeness (QED) is 0.872. The third-order valence-electron chi connectivity index (χ3n) is 4.24. The number of nitrogens with one attached hydrogen (secondary N) is 1. The van der Waals surface area contributed by atoms with Crippen LogP contribution in [0.25, 0.3) is 0 Å². The first-order valence-corrected chi connectivity index (χ1v) is 9.51. The van der Waals surface area contributed by atoms with Crippen molar-refractivity contribution < 1.29 is 14.3 Å². The zero-order valence-corrected chi connectivity index (χ0v) is 16.7. The molecule has 2 heterocycles. The average Bonchev–Trinajstić information content (AvgIpc) is 2.87. The van der Waals surface area contributed by atoms with Crippen LogP contribution in [0.5, 0.6) is 11.5 Å². The van der Waals surface area contributed by atoms with Crippen molar-refractivity contribution in [2.24, 2.45) is 0 Å². The molecular weight excluding hydrogens is 350 g/mol. The van der Waals surface area contributed by atoms with Gasteiger partial charge in [0.2, 0.25) is 0 Å². The van der Waals surface area contributed by atoms with E-state index >= 15 is 0 Å². The predicted molar refractivity (Wildman–Crippen MR) is 103 cm³/mol. The number of benzene rings is 1. The zero-order chi connectivity index (χ0) is 18.9. The van der Waals surface area contributed by atoms with Crippen molar-refractivity contribution in [1.82, 2.24) is 9.88 Å². The van der Waals surface area contributed by atoms with E-state index in [1.165, 1.54) is 11.3 Å². The van der Waals surface area contributed by atoms with Gasteiger partial charge in [0.15, 0.2) is 0 Å². The van der Waals surface area contributed by atoms with Gasteiger partial charge in [-0.3, -0.25) is 5.32 Å². The maximum atomic E-state index is 12.9. The molecular formula is C19H25N3O3S. The van der Waals surface area contributed by atoms with Gasteiger partial charge in [0.25, 0.3) is 0 Å². The number of hydrogen-bond acceptors (Lipinski definition) is 5. The second kappa shape index (κ2) is 7.15. The Bertz CT molecular complexity index is 816. The minimum Gasteiger partial charge on any atom is -0.497 e.